The highest BCUT2D eigenvalue weighted by atomic mass is 35.5. The fraction of sp³-hybridized carbons (Fsp3) is 0.462. The van der Waals surface area contributed by atoms with E-state index in [2.05, 4.69) is 4.72 Å². The van der Waals surface area contributed by atoms with Gasteiger partial charge in [-0.05, 0) is 36.8 Å². The molecule has 0 aromatic heterocycles. The Labute approximate surface area is 127 Å². The summed E-state index contributed by atoms with van der Waals surface area (Å²) in [6, 6.07) is 1.80. The summed E-state index contributed by atoms with van der Waals surface area (Å²) in [6.45, 7) is 2.17. The molecule has 0 spiro atoms. The average Bonchev–Trinajstić information content (AvgIpc) is 3.19. The summed E-state index contributed by atoms with van der Waals surface area (Å²) in [7, 11) is -4.15. The smallest absolute Gasteiger partial charge is 0.338 e. The van der Waals surface area contributed by atoms with Crippen molar-refractivity contribution in [3.63, 3.8) is 0 Å². The lowest BCUT2D eigenvalue weighted by Gasteiger charge is -2.14. The number of halogens is 2. The SMILES string of the molecule is CCC1(CNS(=O)(=O)c2cc(Cl)cc(C(=O)O)c2F)CC1. The van der Waals surface area contributed by atoms with Crippen molar-refractivity contribution in [1.29, 1.82) is 0 Å². The van der Waals surface area contributed by atoms with Crippen LogP contribution in [0.1, 0.15) is 36.5 Å². The van der Waals surface area contributed by atoms with E-state index in [1.165, 1.54) is 0 Å². The number of hydrogen-bond acceptors (Lipinski definition) is 3. The number of sulfonamides is 1. The second kappa shape index (κ2) is 5.55. The van der Waals surface area contributed by atoms with E-state index in [1.807, 2.05) is 6.92 Å². The Morgan fingerprint density at radius 2 is 2.10 bits per heavy atom. The van der Waals surface area contributed by atoms with Gasteiger partial charge in [-0.25, -0.2) is 22.3 Å². The molecule has 5 nitrogen and oxygen atoms in total. The van der Waals surface area contributed by atoms with E-state index in [4.69, 9.17) is 16.7 Å². The number of carbonyl (C=O) groups is 1. The van der Waals surface area contributed by atoms with Crippen molar-refractivity contribution in [1.82, 2.24) is 4.72 Å². The first kappa shape index (κ1) is 16.2. The number of nitrogens with one attached hydrogen (secondary N) is 1. The van der Waals surface area contributed by atoms with Crippen LogP contribution in [0.5, 0.6) is 0 Å². The van der Waals surface area contributed by atoms with Gasteiger partial charge in [0.2, 0.25) is 10.0 Å². The van der Waals surface area contributed by atoms with Gasteiger partial charge in [0.1, 0.15) is 4.90 Å². The van der Waals surface area contributed by atoms with Gasteiger partial charge in [-0.15, -0.1) is 0 Å². The van der Waals surface area contributed by atoms with Crippen molar-refractivity contribution in [3.05, 3.63) is 28.5 Å². The van der Waals surface area contributed by atoms with Crippen molar-refractivity contribution >= 4 is 27.6 Å². The summed E-state index contributed by atoms with van der Waals surface area (Å²) in [5.41, 5.74) is -0.822. The maximum Gasteiger partial charge on any atom is 0.338 e. The quantitative estimate of drug-likeness (QED) is 0.837. The highest BCUT2D eigenvalue weighted by Crippen LogP contribution is 2.48. The zero-order valence-electron chi connectivity index (χ0n) is 11.3. The van der Waals surface area contributed by atoms with Crippen molar-refractivity contribution < 1.29 is 22.7 Å². The second-order valence-corrected chi connectivity index (χ2v) is 7.42. The molecule has 1 aromatic rings. The fourth-order valence-electron chi connectivity index (χ4n) is 2.07. The van der Waals surface area contributed by atoms with Crippen molar-refractivity contribution in [2.75, 3.05) is 6.54 Å². The molecule has 21 heavy (non-hydrogen) atoms. The first-order valence-electron chi connectivity index (χ1n) is 6.43. The second-order valence-electron chi connectivity index (χ2n) is 5.25. The van der Waals surface area contributed by atoms with Crippen LogP contribution in [-0.2, 0) is 10.0 Å². The number of rotatable bonds is 6. The largest absolute Gasteiger partial charge is 0.478 e. The molecule has 0 aliphatic heterocycles. The number of hydrogen-bond donors (Lipinski definition) is 2. The van der Waals surface area contributed by atoms with Crippen LogP contribution < -0.4 is 4.72 Å². The molecule has 1 saturated carbocycles. The molecule has 0 bridgehead atoms. The van der Waals surface area contributed by atoms with Crippen molar-refractivity contribution in [2.45, 2.75) is 31.1 Å². The molecular formula is C13H15ClFNO4S. The third-order valence-electron chi connectivity index (χ3n) is 3.87. The number of benzene rings is 1. The maximum atomic E-state index is 14.1. The number of aromatic carboxylic acids is 1. The Kier molecular flexibility index (Phi) is 4.28. The Hall–Kier alpha value is -1.18. The van der Waals surface area contributed by atoms with E-state index in [9.17, 15) is 17.6 Å². The van der Waals surface area contributed by atoms with E-state index in [0.717, 1.165) is 31.4 Å². The molecule has 2 rings (SSSR count). The van der Waals surface area contributed by atoms with E-state index < -0.39 is 32.3 Å². The molecule has 8 heteroatoms. The summed E-state index contributed by atoms with van der Waals surface area (Å²) in [5.74, 6) is -2.88. The number of carboxylic acids is 1. The van der Waals surface area contributed by atoms with E-state index in [1.54, 1.807) is 0 Å². The van der Waals surface area contributed by atoms with E-state index in [0.29, 0.717) is 0 Å². The van der Waals surface area contributed by atoms with Crippen LogP contribution in [0, 0.1) is 11.2 Å². The third-order valence-corrected chi connectivity index (χ3v) is 5.49. The molecule has 0 saturated heterocycles. The maximum absolute atomic E-state index is 14.1. The van der Waals surface area contributed by atoms with Gasteiger partial charge < -0.3 is 5.11 Å². The predicted molar refractivity (Wildman–Crippen MR) is 75.5 cm³/mol. The summed E-state index contributed by atoms with van der Waals surface area (Å²) in [5, 5.41) is 8.73. The van der Waals surface area contributed by atoms with Gasteiger partial charge in [-0.3, -0.25) is 0 Å². The fourth-order valence-corrected chi connectivity index (χ4v) is 3.64. The lowest BCUT2D eigenvalue weighted by Crippen LogP contribution is -2.31. The number of carboxylic acid groups (broad SMARTS) is 1. The van der Waals surface area contributed by atoms with Gasteiger partial charge in [0.05, 0.1) is 5.56 Å². The molecule has 0 atom stereocenters. The van der Waals surface area contributed by atoms with Crippen LogP contribution in [0.25, 0.3) is 0 Å². The molecule has 1 aliphatic rings. The van der Waals surface area contributed by atoms with Crippen LogP contribution in [-0.4, -0.2) is 26.0 Å². The minimum atomic E-state index is -4.15. The third kappa shape index (κ3) is 3.36. The van der Waals surface area contributed by atoms with Gasteiger partial charge in [0.15, 0.2) is 5.82 Å². The molecular weight excluding hydrogens is 321 g/mol. The normalized spacial score (nSPS) is 16.7. The van der Waals surface area contributed by atoms with Gasteiger partial charge in [0, 0.05) is 11.6 Å². The Morgan fingerprint density at radius 1 is 1.48 bits per heavy atom. The monoisotopic (exact) mass is 335 g/mol. The van der Waals surface area contributed by atoms with Crippen LogP contribution in [0.3, 0.4) is 0 Å². The zero-order valence-corrected chi connectivity index (χ0v) is 12.9. The summed E-state index contributed by atoms with van der Waals surface area (Å²) < 4.78 is 40.7. The summed E-state index contributed by atoms with van der Waals surface area (Å²) in [6.07, 6.45) is 2.67. The summed E-state index contributed by atoms with van der Waals surface area (Å²) >= 11 is 5.68. The average molecular weight is 336 g/mol. The van der Waals surface area contributed by atoms with Crippen LogP contribution in [0.15, 0.2) is 17.0 Å². The molecule has 0 radical (unpaired) electrons. The first-order chi connectivity index (χ1) is 9.71. The molecule has 1 aliphatic carbocycles. The van der Waals surface area contributed by atoms with Gasteiger partial charge in [-0.2, -0.15) is 0 Å². The predicted octanol–water partition coefficient (Wildman–Crippen LogP) is 2.65. The molecule has 0 unspecified atom stereocenters. The van der Waals surface area contributed by atoms with Crippen molar-refractivity contribution in [2.24, 2.45) is 5.41 Å². The molecule has 2 N–H and O–H groups in total. The topological polar surface area (TPSA) is 83.5 Å². The highest BCUT2D eigenvalue weighted by Gasteiger charge is 2.41. The molecule has 1 aromatic carbocycles. The van der Waals surface area contributed by atoms with E-state index in [-0.39, 0.29) is 17.0 Å². The van der Waals surface area contributed by atoms with Gasteiger partial charge in [0.25, 0.3) is 0 Å². The highest BCUT2D eigenvalue weighted by molar-refractivity contribution is 7.89. The Bertz CT molecular complexity index is 686. The first-order valence-corrected chi connectivity index (χ1v) is 8.29. The summed E-state index contributed by atoms with van der Waals surface area (Å²) in [4.78, 5) is 10.2. The Balaban J connectivity index is 2.33. The standard InChI is InChI=1S/C13H15ClFNO4S/c1-2-13(3-4-13)7-16-21(19,20)10-6-8(14)5-9(11(10)15)12(17)18/h5-6,16H,2-4,7H2,1H3,(H,17,18). The van der Waals surface area contributed by atoms with Gasteiger partial charge >= 0.3 is 5.97 Å². The van der Waals surface area contributed by atoms with Crippen molar-refractivity contribution in [3.8, 4) is 0 Å². The minimum absolute atomic E-state index is 0.0578. The van der Waals surface area contributed by atoms with Crippen LogP contribution in [0.4, 0.5) is 4.39 Å². The Morgan fingerprint density at radius 3 is 2.57 bits per heavy atom. The van der Waals surface area contributed by atoms with Crippen LogP contribution in [0.2, 0.25) is 5.02 Å². The minimum Gasteiger partial charge on any atom is -0.478 e. The zero-order chi connectivity index (χ0) is 15.8. The lowest BCUT2D eigenvalue weighted by atomic mass is 10.1. The van der Waals surface area contributed by atoms with Crippen LogP contribution >= 0.6 is 11.6 Å². The lowest BCUT2D eigenvalue weighted by molar-refractivity contribution is 0.0691. The molecule has 116 valence electrons. The molecule has 1 fully saturated rings. The molecule has 0 amide bonds. The van der Waals surface area contributed by atoms with E-state index >= 15 is 0 Å². The molecule has 0 heterocycles. The van der Waals surface area contributed by atoms with Gasteiger partial charge in [-0.1, -0.05) is 18.5 Å².